The second kappa shape index (κ2) is 10.1. The second-order valence-electron chi connectivity index (χ2n) is 6.86. The van der Waals surface area contributed by atoms with Gasteiger partial charge in [0.1, 0.15) is 5.69 Å². The summed E-state index contributed by atoms with van der Waals surface area (Å²) in [6.07, 6.45) is 3.24. The molecule has 0 aliphatic heterocycles. The normalized spacial score (nSPS) is 10.8. The van der Waals surface area contributed by atoms with Crippen LogP contribution in [0.25, 0.3) is 16.9 Å². The molecule has 7 nitrogen and oxygen atoms in total. The van der Waals surface area contributed by atoms with Crippen LogP contribution in [-0.4, -0.2) is 27.8 Å². The monoisotopic (exact) mass is 477 g/mol. The summed E-state index contributed by atoms with van der Waals surface area (Å²) >= 11 is 11.8. The van der Waals surface area contributed by atoms with Crippen LogP contribution in [0.2, 0.25) is 10.0 Å². The molecule has 1 heterocycles. The number of amides is 2. The highest BCUT2D eigenvalue weighted by Gasteiger charge is 2.14. The molecule has 0 fully saturated rings. The number of hydrazone groups is 1. The zero-order valence-electron chi connectivity index (χ0n) is 17.1. The number of aromatic nitrogens is 2. The fourth-order valence-corrected chi connectivity index (χ4v) is 3.29. The van der Waals surface area contributed by atoms with Gasteiger partial charge in [-0.1, -0.05) is 71.7 Å². The molecule has 9 heteroatoms. The fraction of sp³-hybridized carbons (Fsp3) is 0. The number of halogens is 2. The molecule has 3 aromatic carbocycles. The molecular formula is C24H17Cl2N5O2. The molecule has 0 aliphatic rings. The second-order valence-corrected chi connectivity index (χ2v) is 7.68. The van der Waals surface area contributed by atoms with Crippen LogP contribution >= 0.6 is 23.2 Å². The molecule has 1 aromatic heterocycles. The van der Waals surface area contributed by atoms with Crippen LogP contribution in [0.5, 0.6) is 0 Å². The Morgan fingerprint density at radius 1 is 0.879 bits per heavy atom. The van der Waals surface area contributed by atoms with Gasteiger partial charge in [-0.05, 0) is 30.3 Å². The summed E-state index contributed by atoms with van der Waals surface area (Å²) in [5, 5.41) is 11.6. The van der Waals surface area contributed by atoms with E-state index in [0.29, 0.717) is 22.0 Å². The molecule has 2 amide bonds. The first-order chi connectivity index (χ1) is 16.0. The van der Waals surface area contributed by atoms with Crippen LogP contribution in [0.3, 0.4) is 0 Å². The lowest BCUT2D eigenvalue weighted by Gasteiger charge is -2.05. The van der Waals surface area contributed by atoms with Gasteiger partial charge in [-0.3, -0.25) is 9.59 Å². The zero-order valence-corrected chi connectivity index (χ0v) is 18.6. The number of hydrogen-bond acceptors (Lipinski definition) is 4. The van der Waals surface area contributed by atoms with E-state index in [9.17, 15) is 9.59 Å². The minimum Gasteiger partial charge on any atom is -0.318 e. The van der Waals surface area contributed by atoms with Crippen molar-refractivity contribution in [3.05, 3.63) is 101 Å². The van der Waals surface area contributed by atoms with Crippen LogP contribution in [-0.2, 0) is 9.59 Å². The molecule has 4 rings (SSSR count). The first-order valence-corrected chi connectivity index (χ1v) is 10.6. The van der Waals surface area contributed by atoms with Crippen molar-refractivity contribution in [1.82, 2.24) is 15.2 Å². The highest BCUT2D eigenvalue weighted by atomic mass is 35.5. The molecule has 2 N–H and O–H groups in total. The summed E-state index contributed by atoms with van der Waals surface area (Å²) in [7, 11) is 0. The molecule has 0 unspecified atom stereocenters. The summed E-state index contributed by atoms with van der Waals surface area (Å²) in [5.41, 5.74) is 5.67. The zero-order chi connectivity index (χ0) is 23.2. The van der Waals surface area contributed by atoms with Gasteiger partial charge in [-0.2, -0.15) is 10.2 Å². The lowest BCUT2D eigenvalue weighted by Crippen LogP contribution is -2.32. The molecule has 0 bridgehead atoms. The number of benzene rings is 3. The summed E-state index contributed by atoms with van der Waals surface area (Å²) in [6.45, 7) is 0. The molecule has 164 valence electrons. The van der Waals surface area contributed by atoms with Crippen molar-refractivity contribution in [2.75, 3.05) is 5.32 Å². The minimum absolute atomic E-state index is 0.261. The van der Waals surface area contributed by atoms with Crippen LogP contribution in [0.4, 0.5) is 5.69 Å². The van der Waals surface area contributed by atoms with E-state index >= 15 is 0 Å². The SMILES string of the molecule is O=C(N/N=C/c1cn(-c2ccccc2)nc1-c1ccccc1)C(=O)Nc1ccc(Cl)c(Cl)c1. The quantitative estimate of drug-likeness (QED) is 0.242. The van der Waals surface area contributed by atoms with Crippen molar-refractivity contribution in [2.45, 2.75) is 0 Å². The third-order valence-corrected chi connectivity index (χ3v) is 5.30. The standard InChI is InChI=1S/C24H17Cl2N5O2/c25-20-12-11-18(13-21(20)26)28-23(32)24(33)29-27-14-17-15-31(19-9-5-2-6-10-19)30-22(17)16-7-3-1-4-8-16/h1-15H,(H,28,32)(H,29,33)/b27-14+. The topological polar surface area (TPSA) is 88.4 Å². The van der Waals surface area contributed by atoms with Gasteiger partial charge in [0.05, 0.1) is 21.9 Å². The molecular weight excluding hydrogens is 461 g/mol. The average molecular weight is 478 g/mol. The molecule has 0 spiro atoms. The van der Waals surface area contributed by atoms with Gasteiger partial charge in [-0.15, -0.1) is 0 Å². The van der Waals surface area contributed by atoms with Gasteiger partial charge in [-0.25, -0.2) is 10.1 Å². The minimum atomic E-state index is -0.936. The van der Waals surface area contributed by atoms with Gasteiger partial charge in [0.15, 0.2) is 0 Å². The summed E-state index contributed by atoms with van der Waals surface area (Å²) in [6, 6.07) is 23.7. The first-order valence-electron chi connectivity index (χ1n) is 9.81. The van der Waals surface area contributed by atoms with E-state index in [0.717, 1.165) is 11.3 Å². The fourth-order valence-electron chi connectivity index (χ4n) is 2.99. The number of nitrogens with one attached hydrogen (secondary N) is 2. The lowest BCUT2D eigenvalue weighted by atomic mass is 10.1. The first kappa shape index (κ1) is 22.3. The third-order valence-electron chi connectivity index (χ3n) is 4.56. The number of rotatable bonds is 5. The Morgan fingerprint density at radius 2 is 1.58 bits per heavy atom. The Balaban J connectivity index is 1.51. The van der Waals surface area contributed by atoms with Crippen molar-refractivity contribution in [1.29, 1.82) is 0 Å². The number of carbonyl (C=O) groups is 2. The molecule has 0 saturated heterocycles. The van der Waals surface area contributed by atoms with E-state index in [1.807, 2.05) is 60.7 Å². The van der Waals surface area contributed by atoms with Crippen molar-refractivity contribution in [2.24, 2.45) is 5.10 Å². The Labute approximate surface area is 199 Å². The smallest absolute Gasteiger partial charge is 0.318 e. The Hall–Kier alpha value is -3.94. The molecule has 0 aliphatic carbocycles. The summed E-state index contributed by atoms with van der Waals surface area (Å²) in [5.74, 6) is -1.83. The van der Waals surface area contributed by atoms with E-state index in [1.54, 1.807) is 10.9 Å². The van der Waals surface area contributed by atoms with E-state index in [-0.39, 0.29) is 5.02 Å². The van der Waals surface area contributed by atoms with E-state index < -0.39 is 11.8 Å². The molecule has 0 radical (unpaired) electrons. The van der Waals surface area contributed by atoms with Gasteiger partial charge < -0.3 is 5.32 Å². The molecule has 0 atom stereocenters. The predicted octanol–water partition coefficient (Wildman–Crippen LogP) is 4.93. The summed E-state index contributed by atoms with van der Waals surface area (Å²) < 4.78 is 1.72. The Bertz CT molecular complexity index is 1320. The van der Waals surface area contributed by atoms with Crippen molar-refractivity contribution in [3.63, 3.8) is 0 Å². The Morgan fingerprint density at radius 3 is 2.27 bits per heavy atom. The Kier molecular flexibility index (Phi) is 6.83. The maximum Gasteiger partial charge on any atom is 0.329 e. The predicted molar refractivity (Wildman–Crippen MR) is 130 cm³/mol. The van der Waals surface area contributed by atoms with E-state index in [1.165, 1.54) is 24.4 Å². The van der Waals surface area contributed by atoms with Crippen LogP contribution in [0, 0.1) is 0 Å². The number of carbonyl (C=O) groups excluding carboxylic acids is 2. The highest BCUT2D eigenvalue weighted by molar-refractivity contribution is 6.43. The van der Waals surface area contributed by atoms with Crippen LogP contribution in [0.15, 0.2) is 90.2 Å². The third kappa shape index (κ3) is 5.46. The van der Waals surface area contributed by atoms with Gasteiger partial charge >= 0.3 is 11.8 Å². The van der Waals surface area contributed by atoms with Crippen molar-refractivity contribution < 1.29 is 9.59 Å². The van der Waals surface area contributed by atoms with Crippen LogP contribution < -0.4 is 10.7 Å². The maximum absolute atomic E-state index is 12.2. The van der Waals surface area contributed by atoms with E-state index in [4.69, 9.17) is 23.2 Å². The van der Waals surface area contributed by atoms with Crippen molar-refractivity contribution in [3.8, 4) is 16.9 Å². The number of hydrogen-bond donors (Lipinski definition) is 2. The van der Waals surface area contributed by atoms with Gasteiger partial charge in [0.25, 0.3) is 0 Å². The largest absolute Gasteiger partial charge is 0.329 e. The van der Waals surface area contributed by atoms with Crippen LogP contribution in [0.1, 0.15) is 5.56 Å². The lowest BCUT2D eigenvalue weighted by molar-refractivity contribution is -0.136. The molecule has 4 aromatic rings. The average Bonchev–Trinajstić information content (AvgIpc) is 3.26. The van der Waals surface area contributed by atoms with E-state index in [2.05, 4.69) is 20.9 Å². The number of anilines is 1. The maximum atomic E-state index is 12.2. The molecule has 0 saturated carbocycles. The van der Waals surface area contributed by atoms with Gasteiger partial charge in [0, 0.05) is 23.0 Å². The van der Waals surface area contributed by atoms with Crippen molar-refractivity contribution >= 4 is 46.9 Å². The highest BCUT2D eigenvalue weighted by Crippen LogP contribution is 2.25. The number of nitrogens with zero attached hydrogens (tertiary/aromatic N) is 3. The molecule has 33 heavy (non-hydrogen) atoms. The van der Waals surface area contributed by atoms with Gasteiger partial charge in [0.2, 0.25) is 0 Å². The summed E-state index contributed by atoms with van der Waals surface area (Å²) in [4.78, 5) is 24.3. The number of para-hydroxylation sites is 1.